The van der Waals surface area contributed by atoms with Crippen LogP contribution in [-0.4, -0.2) is 48.2 Å². The number of anilines is 1. The Balaban J connectivity index is 1.72. The predicted molar refractivity (Wildman–Crippen MR) is 126 cm³/mol. The van der Waals surface area contributed by atoms with Crippen LogP contribution in [0.3, 0.4) is 0 Å². The maximum atomic E-state index is 12.8. The molecule has 0 saturated carbocycles. The molecule has 0 spiro atoms. The lowest BCUT2D eigenvalue weighted by Crippen LogP contribution is -2.36. The molecule has 3 rings (SSSR count). The second-order valence-corrected chi connectivity index (χ2v) is 8.04. The van der Waals surface area contributed by atoms with E-state index in [4.69, 9.17) is 16.3 Å². The topological polar surface area (TPSA) is 102 Å². The number of rotatable bonds is 8. The standard InChI is InChI=1S/C23H19ClN2O6S/c1-3-10-32-18-7-5-4-6-14(18)11-19-21(28)26(23(30)33-19)13-20(27)25-15-8-9-17(24)16(12-15)22(29)31-2/h3-9,11-12H,1,10,13H2,2H3,(H,25,27)/b19-11-. The summed E-state index contributed by atoms with van der Waals surface area (Å²) in [6.07, 6.45) is 3.14. The summed E-state index contributed by atoms with van der Waals surface area (Å²) in [6.45, 7) is 3.40. The van der Waals surface area contributed by atoms with Gasteiger partial charge in [0.1, 0.15) is 18.9 Å². The molecule has 10 heteroatoms. The summed E-state index contributed by atoms with van der Waals surface area (Å²) in [6, 6.07) is 11.3. The molecule has 170 valence electrons. The highest BCUT2D eigenvalue weighted by atomic mass is 35.5. The first-order valence-corrected chi connectivity index (χ1v) is 10.8. The van der Waals surface area contributed by atoms with Gasteiger partial charge in [-0.2, -0.15) is 0 Å². The average molecular weight is 487 g/mol. The van der Waals surface area contributed by atoms with Gasteiger partial charge in [0.2, 0.25) is 5.91 Å². The number of halogens is 1. The van der Waals surface area contributed by atoms with E-state index in [9.17, 15) is 19.2 Å². The first-order valence-electron chi connectivity index (χ1n) is 9.60. The highest BCUT2D eigenvalue weighted by Crippen LogP contribution is 2.34. The van der Waals surface area contributed by atoms with Crippen molar-refractivity contribution in [2.75, 3.05) is 25.6 Å². The number of hydrogen-bond donors (Lipinski definition) is 1. The van der Waals surface area contributed by atoms with E-state index in [1.54, 1.807) is 36.4 Å². The smallest absolute Gasteiger partial charge is 0.339 e. The second kappa shape index (κ2) is 10.8. The van der Waals surface area contributed by atoms with Crippen LogP contribution in [0.25, 0.3) is 6.08 Å². The van der Waals surface area contributed by atoms with Crippen LogP contribution in [0.4, 0.5) is 10.5 Å². The minimum absolute atomic E-state index is 0.0726. The van der Waals surface area contributed by atoms with Crippen molar-refractivity contribution in [3.05, 3.63) is 76.2 Å². The third-order valence-electron chi connectivity index (χ3n) is 4.39. The molecule has 3 amide bonds. The van der Waals surface area contributed by atoms with E-state index >= 15 is 0 Å². The molecule has 0 bridgehead atoms. The van der Waals surface area contributed by atoms with Crippen LogP contribution >= 0.6 is 23.4 Å². The molecule has 2 aromatic rings. The van der Waals surface area contributed by atoms with Gasteiger partial charge < -0.3 is 14.8 Å². The number of carbonyl (C=O) groups is 4. The number of thioether (sulfide) groups is 1. The highest BCUT2D eigenvalue weighted by Gasteiger charge is 2.36. The Labute approximate surface area is 199 Å². The fourth-order valence-corrected chi connectivity index (χ4v) is 3.89. The van der Waals surface area contributed by atoms with Gasteiger partial charge >= 0.3 is 5.97 Å². The van der Waals surface area contributed by atoms with Crippen LogP contribution in [0.15, 0.2) is 60.0 Å². The Morgan fingerprint density at radius 3 is 2.70 bits per heavy atom. The summed E-state index contributed by atoms with van der Waals surface area (Å²) in [5.74, 6) is -1.34. The molecule has 1 N–H and O–H groups in total. The molecule has 2 aromatic carbocycles. The molecule has 1 aliphatic rings. The van der Waals surface area contributed by atoms with Crippen molar-refractivity contribution in [3.63, 3.8) is 0 Å². The minimum Gasteiger partial charge on any atom is -0.489 e. The lowest BCUT2D eigenvalue weighted by atomic mass is 10.2. The number of hydrogen-bond acceptors (Lipinski definition) is 7. The third kappa shape index (κ3) is 5.82. The maximum Gasteiger partial charge on any atom is 0.339 e. The van der Waals surface area contributed by atoms with Gasteiger partial charge in [-0.05, 0) is 42.1 Å². The van der Waals surface area contributed by atoms with E-state index < -0.39 is 29.6 Å². The number of methoxy groups -OCH3 is 1. The van der Waals surface area contributed by atoms with E-state index in [1.807, 2.05) is 0 Å². The Hall–Kier alpha value is -3.56. The van der Waals surface area contributed by atoms with Gasteiger partial charge in [0.15, 0.2) is 0 Å². The van der Waals surface area contributed by atoms with Gasteiger partial charge in [-0.25, -0.2) is 4.79 Å². The summed E-state index contributed by atoms with van der Waals surface area (Å²) < 4.78 is 10.2. The molecule has 1 heterocycles. The fraction of sp³-hybridized carbons (Fsp3) is 0.130. The first-order chi connectivity index (χ1) is 15.8. The SMILES string of the molecule is C=CCOc1ccccc1/C=C1\SC(=O)N(CC(=O)Nc2ccc(Cl)c(C(=O)OC)c2)C1=O. The third-order valence-corrected chi connectivity index (χ3v) is 5.63. The molecule has 1 saturated heterocycles. The summed E-state index contributed by atoms with van der Waals surface area (Å²) >= 11 is 6.70. The van der Waals surface area contributed by atoms with E-state index in [0.717, 1.165) is 16.7 Å². The average Bonchev–Trinajstić information content (AvgIpc) is 3.06. The van der Waals surface area contributed by atoms with Crippen LogP contribution in [0.2, 0.25) is 5.02 Å². The minimum atomic E-state index is -0.662. The van der Waals surface area contributed by atoms with E-state index in [2.05, 4.69) is 16.6 Å². The molecule has 0 radical (unpaired) electrons. The zero-order chi connectivity index (χ0) is 24.0. The zero-order valence-electron chi connectivity index (χ0n) is 17.5. The van der Waals surface area contributed by atoms with Crippen LogP contribution in [-0.2, 0) is 14.3 Å². The van der Waals surface area contributed by atoms with Crippen LogP contribution in [0, 0.1) is 0 Å². The van der Waals surface area contributed by atoms with Gasteiger partial charge in [0.25, 0.3) is 11.1 Å². The molecular weight excluding hydrogens is 468 g/mol. The Morgan fingerprint density at radius 2 is 1.97 bits per heavy atom. The summed E-state index contributed by atoms with van der Waals surface area (Å²) in [7, 11) is 1.21. The van der Waals surface area contributed by atoms with Crippen molar-refractivity contribution in [2.24, 2.45) is 0 Å². The largest absolute Gasteiger partial charge is 0.489 e. The molecule has 0 atom stereocenters. The van der Waals surface area contributed by atoms with Crippen LogP contribution in [0.5, 0.6) is 5.75 Å². The summed E-state index contributed by atoms with van der Waals surface area (Å²) in [5, 5.41) is 2.13. The first kappa shape index (κ1) is 24.1. The summed E-state index contributed by atoms with van der Waals surface area (Å²) in [4.78, 5) is 50.4. The molecule has 1 aliphatic heterocycles. The van der Waals surface area contributed by atoms with Gasteiger partial charge in [-0.1, -0.05) is 42.5 Å². The van der Waals surface area contributed by atoms with Crippen molar-refractivity contribution in [1.82, 2.24) is 4.90 Å². The van der Waals surface area contributed by atoms with E-state index in [0.29, 0.717) is 11.3 Å². The van der Waals surface area contributed by atoms with Crippen molar-refractivity contribution in [3.8, 4) is 5.75 Å². The number of para-hydroxylation sites is 1. The molecule has 0 aromatic heterocycles. The number of ether oxygens (including phenoxy) is 2. The number of esters is 1. The molecule has 8 nitrogen and oxygen atoms in total. The zero-order valence-corrected chi connectivity index (χ0v) is 19.1. The fourth-order valence-electron chi connectivity index (χ4n) is 2.87. The Morgan fingerprint density at radius 1 is 1.21 bits per heavy atom. The second-order valence-electron chi connectivity index (χ2n) is 6.64. The molecular formula is C23H19ClN2O6S. The lowest BCUT2D eigenvalue weighted by molar-refractivity contribution is -0.127. The van der Waals surface area contributed by atoms with Gasteiger partial charge in [-0.15, -0.1) is 0 Å². The van der Waals surface area contributed by atoms with Crippen LogP contribution < -0.4 is 10.1 Å². The Bertz CT molecular complexity index is 1160. The molecule has 33 heavy (non-hydrogen) atoms. The van der Waals surface area contributed by atoms with Crippen LogP contribution in [0.1, 0.15) is 15.9 Å². The normalized spacial score (nSPS) is 14.4. The number of benzene rings is 2. The van der Waals surface area contributed by atoms with Crippen molar-refractivity contribution in [2.45, 2.75) is 0 Å². The Kier molecular flexibility index (Phi) is 7.92. The predicted octanol–water partition coefficient (Wildman–Crippen LogP) is 4.37. The van der Waals surface area contributed by atoms with Crippen molar-refractivity contribution >= 4 is 58.1 Å². The molecule has 0 aliphatic carbocycles. The molecule has 1 fully saturated rings. The molecule has 0 unspecified atom stereocenters. The monoisotopic (exact) mass is 486 g/mol. The number of carbonyl (C=O) groups excluding carboxylic acids is 4. The van der Waals surface area contributed by atoms with E-state index in [1.165, 1.54) is 25.3 Å². The quantitative estimate of drug-likeness (QED) is 0.336. The summed E-state index contributed by atoms with van der Waals surface area (Å²) in [5.41, 5.74) is 0.954. The number of nitrogens with zero attached hydrogens (tertiary/aromatic N) is 1. The van der Waals surface area contributed by atoms with Gasteiger partial charge in [0.05, 0.1) is 22.6 Å². The number of amides is 3. The van der Waals surface area contributed by atoms with Gasteiger partial charge in [0, 0.05) is 11.3 Å². The van der Waals surface area contributed by atoms with E-state index in [-0.39, 0.29) is 27.8 Å². The number of imide groups is 1. The lowest BCUT2D eigenvalue weighted by Gasteiger charge is -2.13. The highest BCUT2D eigenvalue weighted by molar-refractivity contribution is 8.18. The van der Waals surface area contributed by atoms with Crippen molar-refractivity contribution in [1.29, 1.82) is 0 Å². The van der Waals surface area contributed by atoms with Gasteiger partial charge in [-0.3, -0.25) is 19.3 Å². The van der Waals surface area contributed by atoms with Crippen molar-refractivity contribution < 1.29 is 28.7 Å². The maximum absolute atomic E-state index is 12.8. The number of nitrogens with one attached hydrogen (secondary N) is 1.